The lowest BCUT2D eigenvalue weighted by molar-refractivity contribution is -0.125. The molecule has 4 atom stereocenters. The number of rotatable bonds is 13. The molecule has 0 bridgehead atoms. The van der Waals surface area contributed by atoms with Crippen molar-refractivity contribution in [3.8, 4) is 0 Å². The van der Waals surface area contributed by atoms with Crippen molar-refractivity contribution in [3.63, 3.8) is 0 Å². The molecule has 4 aromatic carbocycles. The normalized spacial score (nSPS) is 13.9. The summed E-state index contributed by atoms with van der Waals surface area (Å²) >= 11 is 0. The molecule has 0 aromatic heterocycles. The molecule has 0 spiro atoms. The third-order valence-corrected chi connectivity index (χ3v) is 6.88. The first kappa shape index (κ1) is 28.7. The number of hydrogen-bond acceptors (Lipinski definition) is 4. The van der Waals surface area contributed by atoms with Gasteiger partial charge in [-0.15, -0.1) is 0 Å². The van der Waals surface area contributed by atoms with Gasteiger partial charge in [0.15, 0.2) is 0 Å². The van der Waals surface area contributed by atoms with Crippen LogP contribution in [0, 0.1) is 0 Å². The van der Waals surface area contributed by atoms with Crippen LogP contribution in [0.2, 0.25) is 0 Å². The van der Waals surface area contributed by atoms with Gasteiger partial charge in [-0.2, -0.15) is 0 Å². The van der Waals surface area contributed by atoms with E-state index >= 15 is 0 Å². The first-order valence-electron chi connectivity index (χ1n) is 13.6. The van der Waals surface area contributed by atoms with Gasteiger partial charge in [-0.05, 0) is 35.1 Å². The zero-order valence-corrected chi connectivity index (χ0v) is 22.4. The topological polar surface area (TPSA) is 98.7 Å². The number of carbonyl (C=O) groups excluding carboxylic acids is 2. The Morgan fingerprint density at radius 2 is 0.750 bits per heavy atom. The van der Waals surface area contributed by atoms with Crippen LogP contribution in [0.3, 0.4) is 0 Å². The van der Waals surface area contributed by atoms with E-state index in [1.165, 1.54) is 0 Å². The lowest BCUT2D eigenvalue weighted by Crippen LogP contribution is -2.57. The number of benzene rings is 4. The van der Waals surface area contributed by atoms with Crippen molar-refractivity contribution in [2.75, 3.05) is 0 Å². The smallest absolute Gasteiger partial charge is 0.224 e. The number of aliphatic hydroxyl groups excluding tert-OH is 2. The molecule has 4 N–H and O–H groups in total. The Kier molecular flexibility index (Phi) is 10.6. The van der Waals surface area contributed by atoms with Crippen molar-refractivity contribution >= 4 is 11.8 Å². The summed E-state index contributed by atoms with van der Waals surface area (Å²) in [5, 5.41) is 28.9. The highest BCUT2D eigenvalue weighted by molar-refractivity contribution is 5.79. The molecule has 0 unspecified atom stereocenters. The minimum Gasteiger partial charge on any atom is -0.388 e. The summed E-state index contributed by atoms with van der Waals surface area (Å²) in [6, 6.07) is 36.2. The zero-order chi connectivity index (χ0) is 28.2. The van der Waals surface area contributed by atoms with Crippen LogP contribution < -0.4 is 10.6 Å². The molecular weight excluding hydrogens is 500 g/mol. The minimum atomic E-state index is -1.34. The van der Waals surface area contributed by atoms with Crippen molar-refractivity contribution in [1.82, 2.24) is 10.6 Å². The predicted molar refractivity (Wildman–Crippen MR) is 156 cm³/mol. The maximum Gasteiger partial charge on any atom is 0.224 e. The van der Waals surface area contributed by atoms with E-state index in [0.717, 1.165) is 22.3 Å². The van der Waals surface area contributed by atoms with Crippen LogP contribution in [-0.4, -0.2) is 46.3 Å². The Balaban J connectivity index is 1.53. The Morgan fingerprint density at radius 3 is 1.05 bits per heavy atom. The molecule has 4 aromatic rings. The second-order valence-corrected chi connectivity index (χ2v) is 10.0. The number of hydrogen-bond donors (Lipinski definition) is 4. The molecule has 2 amide bonds. The molecule has 0 saturated carbocycles. The molecule has 0 aliphatic carbocycles. The van der Waals surface area contributed by atoms with Crippen LogP contribution in [0.4, 0.5) is 0 Å². The maximum atomic E-state index is 13.0. The van der Waals surface area contributed by atoms with Crippen molar-refractivity contribution in [1.29, 1.82) is 0 Å². The molecule has 6 heteroatoms. The van der Waals surface area contributed by atoms with Crippen LogP contribution in [0.5, 0.6) is 0 Å². The minimum absolute atomic E-state index is 0.149. The second-order valence-electron chi connectivity index (χ2n) is 10.0. The van der Waals surface area contributed by atoms with Gasteiger partial charge in [0.1, 0.15) is 12.2 Å². The van der Waals surface area contributed by atoms with Crippen molar-refractivity contribution in [2.24, 2.45) is 0 Å². The predicted octanol–water partition coefficient (Wildman–Crippen LogP) is 3.65. The summed E-state index contributed by atoms with van der Waals surface area (Å²) < 4.78 is 0. The highest BCUT2D eigenvalue weighted by Crippen LogP contribution is 2.16. The van der Waals surface area contributed by atoms with Gasteiger partial charge in [-0.3, -0.25) is 9.59 Å². The van der Waals surface area contributed by atoms with Crippen molar-refractivity contribution in [2.45, 2.75) is 50.0 Å². The summed E-state index contributed by atoms with van der Waals surface area (Å²) in [4.78, 5) is 26.0. The maximum absolute atomic E-state index is 13.0. The fraction of sp³-hybridized carbons (Fsp3) is 0.235. The van der Waals surface area contributed by atoms with E-state index in [4.69, 9.17) is 0 Å². The Hall–Kier alpha value is -4.26. The van der Waals surface area contributed by atoms with Gasteiger partial charge in [0.2, 0.25) is 11.8 Å². The van der Waals surface area contributed by atoms with Gasteiger partial charge in [-0.1, -0.05) is 121 Å². The van der Waals surface area contributed by atoms with Gasteiger partial charge < -0.3 is 20.8 Å². The number of amides is 2. The first-order valence-corrected chi connectivity index (χ1v) is 13.6. The fourth-order valence-corrected chi connectivity index (χ4v) is 4.80. The molecule has 0 aliphatic rings. The quantitative estimate of drug-likeness (QED) is 0.210. The Morgan fingerprint density at radius 1 is 0.475 bits per heavy atom. The molecule has 40 heavy (non-hydrogen) atoms. The average Bonchev–Trinajstić information content (AvgIpc) is 2.98. The molecule has 0 saturated heterocycles. The van der Waals surface area contributed by atoms with E-state index in [1.807, 2.05) is 121 Å². The molecule has 0 fully saturated rings. The Bertz CT molecular complexity index is 1210. The lowest BCUT2D eigenvalue weighted by atomic mass is 9.90. The molecule has 0 aliphatic heterocycles. The SMILES string of the molecule is O=C(Cc1ccccc1)N[C@@H](Cc1ccccc1)[C@H](O)[C@H](O)[C@@H](Cc1ccccc1)NC(=O)Cc1ccccc1. The molecule has 206 valence electrons. The molecule has 6 nitrogen and oxygen atoms in total. The van der Waals surface area contributed by atoms with Crippen LogP contribution in [0.15, 0.2) is 121 Å². The summed E-state index contributed by atoms with van der Waals surface area (Å²) in [7, 11) is 0. The summed E-state index contributed by atoms with van der Waals surface area (Å²) in [5.41, 5.74) is 3.52. The molecule has 0 radical (unpaired) electrons. The van der Waals surface area contributed by atoms with Crippen molar-refractivity contribution in [3.05, 3.63) is 144 Å². The number of carbonyl (C=O) groups is 2. The van der Waals surface area contributed by atoms with Gasteiger partial charge in [0.25, 0.3) is 0 Å². The number of nitrogens with one attached hydrogen (secondary N) is 2. The van der Waals surface area contributed by atoms with E-state index in [-0.39, 0.29) is 24.7 Å². The first-order chi connectivity index (χ1) is 19.5. The average molecular weight is 537 g/mol. The third-order valence-electron chi connectivity index (χ3n) is 6.88. The summed E-state index contributed by atoms with van der Waals surface area (Å²) in [6.45, 7) is 0. The van der Waals surface area contributed by atoms with E-state index in [9.17, 15) is 19.8 Å². The largest absolute Gasteiger partial charge is 0.388 e. The van der Waals surface area contributed by atoms with Gasteiger partial charge >= 0.3 is 0 Å². The molecule has 4 rings (SSSR count). The van der Waals surface area contributed by atoms with Crippen LogP contribution >= 0.6 is 0 Å². The molecular formula is C34H36N2O4. The van der Waals surface area contributed by atoms with Gasteiger partial charge in [0, 0.05) is 0 Å². The van der Waals surface area contributed by atoms with E-state index in [0.29, 0.717) is 12.8 Å². The standard InChI is InChI=1S/C34H36N2O4/c37-31(23-27-17-9-3-10-18-27)35-29(21-25-13-5-1-6-14-25)33(39)34(40)30(22-26-15-7-2-8-16-26)36-32(38)24-28-19-11-4-12-20-28/h1-20,29-30,33-34,39-40H,21-24H2,(H,35,37)(H,36,38)/t29-,30+,33-,34+. The summed E-state index contributed by atoms with van der Waals surface area (Å²) in [5.74, 6) is -0.516. The summed E-state index contributed by atoms with van der Waals surface area (Å²) in [6.07, 6.45) is -1.76. The van der Waals surface area contributed by atoms with E-state index in [1.54, 1.807) is 0 Å². The molecule has 0 heterocycles. The van der Waals surface area contributed by atoms with E-state index < -0.39 is 24.3 Å². The van der Waals surface area contributed by atoms with Gasteiger partial charge in [0.05, 0.1) is 24.9 Å². The highest BCUT2D eigenvalue weighted by atomic mass is 16.3. The fourth-order valence-electron chi connectivity index (χ4n) is 4.80. The second kappa shape index (κ2) is 14.8. The van der Waals surface area contributed by atoms with Crippen molar-refractivity contribution < 1.29 is 19.8 Å². The van der Waals surface area contributed by atoms with E-state index in [2.05, 4.69) is 10.6 Å². The zero-order valence-electron chi connectivity index (χ0n) is 22.4. The Labute approximate surface area is 235 Å². The van der Waals surface area contributed by atoms with Crippen LogP contribution in [-0.2, 0) is 35.3 Å². The third kappa shape index (κ3) is 8.90. The monoisotopic (exact) mass is 536 g/mol. The highest BCUT2D eigenvalue weighted by Gasteiger charge is 2.34. The van der Waals surface area contributed by atoms with Crippen LogP contribution in [0.1, 0.15) is 22.3 Å². The number of aliphatic hydroxyl groups is 2. The lowest BCUT2D eigenvalue weighted by Gasteiger charge is -2.33. The van der Waals surface area contributed by atoms with Gasteiger partial charge in [-0.25, -0.2) is 0 Å². The van der Waals surface area contributed by atoms with Crippen LogP contribution in [0.25, 0.3) is 0 Å².